The van der Waals surface area contributed by atoms with Gasteiger partial charge in [-0.25, -0.2) is 14.1 Å². The van der Waals surface area contributed by atoms with Gasteiger partial charge in [0, 0.05) is 5.56 Å². The van der Waals surface area contributed by atoms with Crippen LogP contribution in [0.2, 0.25) is 0 Å². The predicted molar refractivity (Wildman–Crippen MR) is 55.3 cm³/mol. The van der Waals surface area contributed by atoms with Crippen LogP contribution in [-0.2, 0) is 6.54 Å². The zero-order chi connectivity index (χ0) is 11.5. The first-order chi connectivity index (χ1) is 7.66. The van der Waals surface area contributed by atoms with Crippen LogP contribution in [0.5, 0.6) is 0 Å². The van der Waals surface area contributed by atoms with Crippen molar-refractivity contribution >= 4 is 12.6 Å². The predicted octanol–water partition coefficient (Wildman–Crippen LogP) is -0.855. The quantitative estimate of drug-likeness (QED) is 0.662. The van der Waals surface area contributed by atoms with Gasteiger partial charge in [0.15, 0.2) is 0 Å². The van der Waals surface area contributed by atoms with Crippen LogP contribution >= 0.6 is 0 Å². The van der Waals surface area contributed by atoms with Gasteiger partial charge in [-0.3, -0.25) is 0 Å². The molecule has 0 aliphatic carbocycles. The third-order valence-electron chi connectivity index (χ3n) is 2.17. The van der Waals surface area contributed by atoms with E-state index in [0.717, 1.165) is 6.07 Å². The molecule has 1 aromatic carbocycles. The summed E-state index contributed by atoms with van der Waals surface area (Å²) in [4.78, 5) is 3.74. The minimum Gasteiger partial charge on any atom is -0.423 e. The monoisotopic (exact) mass is 221 g/mol. The van der Waals surface area contributed by atoms with Crippen LogP contribution in [0.4, 0.5) is 4.39 Å². The molecule has 0 atom stereocenters. The topological polar surface area (TPSA) is 71.2 Å². The van der Waals surface area contributed by atoms with Crippen molar-refractivity contribution in [3.05, 3.63) is 42.2 Å². The van der Waals surface area contributed by atoms with Gasteiger partial charge in [-0.2, -0.15) is 5.10 Å². The Hall–Kier alpha value is -1.73. The molecule has 2 N–H and O–H groups in total. The molecule has 5 nitrogen and oxygen atoms in total. The fraction of sp³-hybridized carbons (Fsp3) is 0.111. The number of benzene rings is 1. The summed E-state index contributed by atoms with van der Waals surface area (Å²) in [5.41, 5.74) is 0.537. The highest BCUT2D eigenvalue weighted by atomic mass is 19.1. The SMILES string of the molecule is OB(O)c1ccc(Cn2cncn2)c(F)c1. The fourth-order valence-electron chi connectivity index (χ4n) is 1.34. The van der Waals surface area contributed by atoms with E-state index in [2.05, 4.69) is 10.1 Å². The molecule has 16 heavy (non-hydrogen) atoms. The molecule has 0 saturated heterocycles. The lowest BCUT2D eigenvalue weighted by molar-refractivity contribution is 0.425. The van der Waals surface area contributed by atoms with E-state index in [1.165, 1.54) is 29.5 Å². The molecule has 1 heterocycles. The minimum atomic E-state index is -1.66. The highest BCUT2D eigenvalue weighted by Gasteiger charge is 2.13. The Bertz CT molecular complexity index is 476. The smallest absolute Gasteiger partial charge is 0.423 e. The van der Waals surface area contributed by atoms with E-state index in [-0.39, 0.29) is 12.0 Å². The number of rotatable bonds is 3. The Balaban J connectivity index is 2.23. The Morgan fingerprint density at radius 2 is 2.19 bits per heavy atom. The summed E-state index contributed by atoms with van der Waals surface area (Å²) in [7, 11) is -1.66. The first-order valence-corrected chi connectivity index (χ1v) is 4.63. The van der Waals surface area contributed by atoms with Crippen molar-refractivity contribution in [2.75, 3.05) is 0 Å². The molecule has 2 aromatic rings. The molecule has 0 radical (unpaired) electrons. The van der Waals surface area contributed by atoms with Gasteiger partial charge in [0.05, 0.1) is 6.54 Å². The summed E-state index contributed by atoms with van der Waals surface area (Å²) in [5, 5.41) is 21.6. The normalized spacial score (nSPS) is 10.4. The van der Waals surface area contributed by atoms with Gasteiger partial charge in [-0.1, -0.05) is 12.1 Å². The Labute approximate surface area is 91.3 Å². The van der Waals surface area contributed by atoms with Crippen LogP contribution in [0.1, 0.15) is 5.56 Å². The average molecular weight is 221 g/mol. The van der Waals surface area contributed by atoms with E-state index in [4.69, 9.17) is 10.0 Å². The Kier molecular flexibility index (Phi) is 2.98. The molecule has 7 heteroatoms. The molecular formula is C9H9BFN3O2. The van der Waals surface area contributed by atoms with Crippen molar-refractivity contribution in [1.82, 2.24) is 14.8 Å². The molecule has 0 amide bonds. The summed E-state index contributed by atoms with van der Waals surface area (Å²) in [6.07, 6.45) is 2.85. The zero-order valence-corrected chi connectivity index (χ0v) is 8.29. The van der Waals surface area contributed by atoms with E-state index >= 15 is 0 Å². The van der Waals surface area contributed by atoms with Crippen LogP contribution < -0.4 is 5.46 Å². The van der Waals surface area contributed by atoms with E-state index in [9.17, 15) is 4.39 Å². The largest absolute Gasteiger partial charge is 0.488 e. The molecule has 0 bridgehead atoms. The van der Waals surface area contributed by atoms with Crippen molar-refractivity contribution in [1.29, 1.82) is 0 Å². The highest BCUT2D eigenvalue weighted by Crippen LogP contribution is 2.06. The lowest BCUT2D eigenvalue weighted by atomic mass is 9.80. The zero-order valence-electron chi connectivity index (χ0n) is 8.29. The van der Waals surface area contributed by atoms with Gasteiger partial charge in [0.2, 0.25) is 0 Å². The third-order valence-corrected chi connectivity index (χ3v) is 2.17. The maximum absolute atomic E-state index is 13.5. The molecule has 82 valence electrons. The molecule has 0 fully saturated rings. The van der Waals surface area contributed by atoms with Crippen molar-refractivity contribution in [2.24, 2.45) is 0 Å². The Morgan fingerprint density at radius 1 is 1.38 bits per heavy atom. The van der Waals surface area contributed by atoms with Crippen molar-refractivity contribution in [3.63, 3.8) is 0 Å². The lowest BCUT2D eigenvalue weighted by Gasteiger charge is -2.05. The fourth-order valence-corrected chi connectivity index (χ4v) is 1.34. The number of hydrogen-bond donors (Lipinski definition) is 2. The van der Waals surface area contributed by atoms with Gasteiger partial charge in [0.1, 0.15) is 18.5 Å². The third kappa shape index (κ3) is 2.26. The molecule has 0 aliphatic rings. The lowest BCUT2D eigenvalue weighted by Crippen LogP contribution is -2.30. The van der Waals surface area contributed by atoms with Gasteiger partial charge in [-0.15, -0.1) is 0 Å². The molecule has 2 rings (SSSR count). The summed E-state index contributed by atoms with van der Waals surface area (Å²) >= 11 is 0. The van der Waals surface area contributed by atoms with Gasteiger partial charge < -0.3 is 10.0 Å². The standard InChI is InChI=1S/C9H9BFN3O2/c11-9-3-8(10(15)16)2-1-7(9)4-14-6-12-5-13-14/h1-3,5-6,15-16H,4H2. The first-order valence-electron chi connectivity index (χ1n) is 4.63. The maximum Gasteiger partial charge on any atom is 0.488 e. The molecule has 0 aliphatic heterocycles. The average Bonchev–Trinajstić information content (AvgIpc) is 2.73. The van der Waals surface area contributed by atoms with Gasteiger partial charge in [-0.05, 0) is 11.5 Å². The first kappa shape index (κ1) is 10.8. The van der Waals surface area contributed by atoms with E-state index < -0.39 is 12.9 Å². The van der Waals surface area contributed by atoms with Crippen molar-refractivity contribution in [3.8, 4) is 0 Å². The second kappa shape index (κ2) is 4.42. The number of nitrogens with zero attached hydrogens (tertiary/aromatic N) is 3. The van der Waals surface area contributed by atoms with Crippen LogP contribution in [-0.4, -0.2) is 31.9 Å². The molecule has 0 spiro atoms. The molecular weight excluding hydrogens is 212 g/mol. The van der Waals surface area contributed by atoms with E-state index in [0.29, 0.717) is 5.56 Å². The number of hydrogen-bond acceptors (Lipinski definition) is 4. The maximum atomic E-state index is 13.5. The van der Waals surface area contributed by atoms with Crippen LogP contribution in [0.15, 0.2) is 30.9 Å². The van der Waals surface area contributed by atoms with Crippen molar-refractivity contribution < 1.29 is 14.4 Å². The van der Waals surface area contributed by atoms with E-state index in [1.54, 1.807) is 0 Å². The number of aromatic nitrogens is 3. The van der Waals surface area contributed by atoms with Gasteiger partial charge >= 0.3 is 7.12 Å². The highest BCUT2D eigenvalue weighted by molar-refractivity contribution is 6.58. The van der Waals surface area contributed by atoms with Crippen LogP contribution in [0.3, 0.4) is 0 Å². The summed E-state index contributed by atoms with van der Waals surface area (Å²) in [6.45, 7) is 0.258. The number of halogens is 1. The van der Waals surface area contributed by atoms with Gasteiger partial charge in [0.25, 0.3) is 0 Å². The molecule has 0 unspecified atom stereocenters. The second-order valence-corrected chi connectivity index (χ2v) is 3.32. The molecule has 0 saturated carbocycles. The molecule has 1 aromatic heterocycles. The summed E-state index contributed by atoms with van der Waals surface area (Å²) in [5.74, 6) is -0.499. The van der Waals surface area contributed by atoms with Crippen LogP contribution in [0.25, 0.3) is 0 Å². The minimum absolute atomic E-state index is 0.125. The second-order valence-electron chi connectivity index (χ2n) is 3.32. The summed E-state index contributed by atoms with van der Waals surface area (Å²) in [6, 6.07) is 4.04. The van der Waals surface area contributed by atoms with Crippen molar-refractivity contribution in [2.45, 2.75) is 6.54 Å². The Morgan fingerprint density at radius 3 is 2.75 bits per heavy atom. The summed E-state index contributed by atoms with van der Waals surface area (Å²) < 4.78 is 15.0. The van der Waals surface area contributed by atoms with Crippen LogP contribution in [0, 0.1) is 5.82 Å². The van der Waals surface area contributed by atoms with E-state index in [1.807, 2.05) is 0 Å².